The van der Waals surface area contributed by atoms with Gasteiger partial charge in [-0.3, -0.25) is 10.2 Å². The second kappa shape index (κ2) is 7.54. The zero-order valence-electron chi connectivity index (χ0n) is 12.6. The minimum atomic E-state index is -1.24. The Hall–Kier alpha value is -1.68. The molecule has 2 atom stereocenters. The number of thiophene rings is 1. The molecule has 0 aromatic carbocycles. The number of carbonyl (C=O) groups excluding carboxylic acids is 2. The monoisotopic (exact) mass is 331 g/mol. The van der Waals surface area contributed by atoms with Gasteiger partial charge in [0.15, 0.2) is 0 Å². The van der Waals surface area contributed by atoms with E-state index < -0.39 is 29.8 Å². The van der Waals surface area contributed by atoms with Crippen LogP contribution >= 0.6 is 11.3 Å². The van der Waals surface area contributed by atoms with Crippen molar-refractivity contribution in [1.29, 1.82) is 0 Å². The third-order valence-corrected chi connectivity index (χ3v) is 3.65. The van der Waals surface area contributed by atoms with Crippen LogP contribution in [0.5, 0.6) is 0 Å². The summed E-state index contributed by atoms with van der Waals surface area (Å²) in [5.41, 5.74) is 1.33. The van der Waals surface area contributed by atoms with Crippen molar-refractivity contribution in [3.05, 3.63) is 21.9 Å². The van der Waals surface area contributed by atoms with Crippen molar-refractivity contribution in [2.45, 2.75) is 38.6 Å². The van der Waals surface area contributed by atoms with Gasteiger partial charge in [-0.1, -0.05) is 0 Å². The van der Waals surface area contributed by atoms with E-state index in [-0.39, 0.29) is 6.54 Å². The van der Waals surface area contributed by atoms with Crippen molar-refractivity contribution in [2.24, 2.45) is 5.84 Å². The SMILES string of the molecule is CC(C)(C)OC(=O)NCC(O)C(O)c1ccc(C(=O)NN)s1. The number of aliphatic hydroxyl groups excluding tert-OH is 2. The standard InChI is InChI=1S/C13H21N3O5S/c1-13(2,3)21-12(20)15-6-7(17)10(18)8-4-5-9(22-8)11(19)16-14/h4-5,7,10,17-18H,6,14H2,1-3H3,(H,15,20)(H,16,19). The van der Waals surface area contributed by atoms with E-state index in [1.54, 1.807) is 20.8 Å². The fourth-order valence-electron chi connectivity index (χ4n) is 1.51. The second-order valence-electron chi connectivity index (χ2n) is 5.57. The third kappa shape index (κ3) is 5.60. The van der Waals surface area contributed by atoms with Crippen molar-refractivity contribution in [3.8, 4) is 0 Å². The molecule has 2 unspecified atom stereocenters. The maximum absolute atomic E-state index is 11.5. The number of nitrogens with one attached hydrogen (secondary N) is 2. The Kier molecular flexibility index (Phi) is 6.30. The summed E-state index contributed by atoms with van der Waals surface area (Å²) < 4.78 is 5.02. The molecule has 1 aromatic rings. The van der Waals surface area contributed by atoms with Gasteiger partial charge in [-0.25, -0.2) is 10.6 Å². The first-order chi connectivity index (χ1) is 10.1. The summed E-state index contributed by atoms with van der Waals surface area (Å²) in [5, 5.41) is 22.3. The average molecular weight is 331 g/mol. The number of hydrazine groups is 1. The zero-order chi connectivity index (χ0) is 16.9. The Morgan fingerprint density at radius 2 is 2.00 bits per heavy atom. The fraction of sp³-hybridized carbons (Fsp3) is 0.538. The van der Waals surface area contributed by atoms with Crippen molar-refractivity contribution in [3.63, 3.8) is 0 Å². The lowest BCUT2D eigenvalue weighted by Gasteiger charge is -2.21. The largest absolute Gasteiger partial charge is 0.444 e. The first-order valence-corrected chi connectivity index (χ1v) is 7.39. The predicted octanol–water partition coefficient (Wildman–Crippen LogP) is 0.271. The Labute approximate surface area is 132 Å². The van der Waals surface area contributed by atoms with Crippen molar-refractivity contribution in [1.82, 2.24) is 10.7 Å². The Bertz CT molecular complexity index is 526. The number of alkyl carbamates (subject to hydrolysis) is 1. The zero-order valence-corrected chi connectivity index (χ0v) is 13.4. The van der Waals surface area contributed by atoms with Gasteiger partial charge in [0.25, 0.3) is 5.91 Å². The number of aliphatic hydroxyl groups is 2. The molecule has 9 heteroatoms. The Morgan fingerprint density at radius 1 is 1.36 bits per heavy atom. The van der Waals surface area contributed by atoms with Crippen LogP contribution in [0.2, 0.25) is 0 Å². The van der Waals surface area contributed by atoms with E-state index in [0.717, 1.165) is 11.3 Å². The van der Waals surface area contributed by atoms with Crippen LogP contribution in [0.1, 0.15) is 41.4 Å². The first kappa shape index (κ1) is 18.4. The predicted molar refractivity (Wildman–Crippen MR) is 81.2 cm³/mol. The molecule has 0 radical (unpaired) electrons. The Morgan fingerprint density at radius 3 is 2.55 bits per heavy atom. The number of ether oxygens (including phenoxy) is 1. The van der Waals surface area contributed by atoms with Gasteiger partial charge in [0.1, 0.15) is 17.8 Å². The first-order valence-electron chi connectivity index (χ1n) is 6.57. The van der Waals surface area contributed by atoms with Crippen LogP contribution in [-0.2, 0) is 4.74 Å². The van der Waals surface area contributed by atoms with Gasteiger partial charge in [0.2, 0.25) is 0 Å². The molecule has 1 rings (SSSR count). The lowest BCUT2D eigenvalue weighted by molar-refractivity contribution is 0.0146. The summed E-state index contributed by atoms with van der Waals surface area (Å²) in [6.45, 7) is 4.96. The second-order valence-corrected chi connectivity index (χ2v) is 6.69. The lowest BCUT2D eigenvalue weighted by atomic mass is 10.1. The van der Waals surface area contributed by atoms with Crippen LogP contribution in [-0.4, -0.2) is 40.5 Å². The summed E-state index contributed by atoms with van der Waals surface area (Å²) in [6, 6.07) is 3.00. The highest BCUT2D eigenvalue weighted by atomic mass is 32.1. The van der Waals surface area contributed by atoms with Crippen LogP contribution in [0, 0.1) is 0 Å². The van der Waals surface area contributed by atoms with E-state index in [4.69, 9.17) is 10.6 Å². The molecule has 0 aliphatic carbocycles. The van der Waals surface area contributed by atoms with E-state index in [1.807, 2.05) is 5.43 Å². The number of nitrogens with two attached hydrogens (primary N) is 1. The third-order valence-electron chi connectivity index (χ3n) is 2.49. The van der Waals surface area contributed by atoms with E-state index >= 15 is 0 Å². The number of hydrogen-bond donors (Lipinski definition) is 5. The van der Waals surface area contributed by atoms with Gasteiger partial charge in [0, 0.05) is 11.4 Å². The molecule has 2 amide bonds. The summed E-state index contributed by atoms with van der Waals surface area (Å²) in [6.07, 6.45) is -3.16. The van der Waals surface area contributed by atoms with Crippen LogP contribution in [0.4, 0.5) is 4.79 Å². The van der Waals surface area contributed by atoms with Crippen molar-refractivity contribution in [2.75, 3.05) is 6.54 Å². The summed E-state index contributed by atoms with van der Waals surface area (Å²) in [7, 11) is 0. The number of nitrogen functional groups attached to an aromatic ring is 1. The van der Waals surface area contributed by atoms with Gasteiger partial charge in [0.05, 0.1) is 4.88 Å². The normalized spacial score (nSPS) is 14.1. The quantitative estimate of drug-likeness (QED) is 0.299. The molecule has 0 bridgehead atoms. The highest BCUT2D eigenvalue weighted by molar-refractivity contribution is 7.14. The van der Waals surface area contributed by atoms with E-state index in [9.17, 15) is 19.8 Å². The van der Waals surface area contributed by atoms with Gasteiger partial charge in [-0.15, -0.1) is 11.3 Å². The van der Waals surface area contributed by atoms with Crippen LogP contribution in [0.3, 0.4) is 0 Å². The molecule has 1 aromatic heterocycles. The van der Waals surface area contributed by atoms with Crippen molar-refractivity contribution >= 4 is 23.3 Å². The molecule has 0 saturated carbocycles. The summed E-state index contributed by atoms with van der Waals surface area (Å²) in [5.74, 6) is 4.53. The molecule has 1 heterocycles. The minimum absolute atomic E-state index is 0.188. The molecule has 0 aliphatic rings. The van der Waals surface area contributed by atoms with Gasteiger partial charge in [-0.2, -0.15) is 0 Å². The molecule has 0 spiro atoms. The van der Waals surface area contributed by atoms with Crippen LogP contribution < -0.4 is 16.6 Å². The lowest BCUT2D eigenvalue weighted by Crippen LogP contribution is -2.38. The van der Waals surface area contributed by atoms with E-state index in [2.05, 4.69) is 5.32 Å². The molecule has 8 nitrogen and oxygen atoms in total. The maximum Gasteiger partial charge on any atom is 0.407 e. The summed E-state index contributed by atoms with van der Waals surface area (Å²) in [4.78, 5) is 23.5. The summed E-state index contributed by atoms with van der Waals surface area (Å²) >= 11 is 1.00. The van der Waals surface area contributed by atoms with Crippen molar-refractivity contribution < 1.29 is 24.5 Å². The number of carbonyl (C=O) groups is 2. The molecular weight excluding hydrogens is 310 g/mol. The maximum atomic E-state index is 11.5. The van der Waals surface area contributed by atoms with Crippen LogP contribution in [0.15, 0.2) is 12.1 Å². The topological polar surface area (TPSA) is 134 Å². The number of hydrogen-bond acceptors (Lipinski definition) is 7. The molecule has 0 fully saturated rings. The smallest absolute Gasteiger partial charge is 0.407 e. The molecule has 124 valence electrons. The highest BCUT2D eigenvalue weighted by Gasteiger charge is 2.23. The molecule has 0 aliphatic heterocycles. The van der Waals surface area contributed by atoms with Crippen LogP contribution in [0.25, 0.3) is 0 Å². The van der Waals surface area contributed by atoms with E-state index in [0.29, 0.717) is 9.75 Å². The van der Waals surface area contributed by atoms with Gasteiger partial charge >= 0.3 is 6.09 Å². The molecule has 22 heavy (non-hydrogen) atoms. The number of amides is 2. The Balaban J connectivity index is 2.54. The fourth-order valence-corrected chi connectivity index (χ4v) is 2.46. The number of rotatable bonds is 5. The average Bonchev–Trinajstić information content (AvgIpc) is 2.90. The molecular formula is C13H21N3O5S. The van der Waals surface area contributed by atoms with E-state index in [1.165, 1.54) is 12.1 Å². The van der Waals surface area contributed by atoms with Gasteiger partial charge < -0.3 is 20.3 Å². The van der Waals surface area contributed by atoms with Gasteiger partial charge in [-0.05, 0) is 32.9 Å². The minimum Gasteiger partial charge on any atom is -0.444 e. The highest BCUT2D eigenvalue weighted by Crippen LogP contribution is 2.25. The molecule has 6 N–H and O–H groups in total. The molecule has 0 saturated heterocycles.